The van der Waals surface area contributed by atoms with E-state index in [0.717, 1.165) is 78.4 Å². The van der Waals surface area contributed by atoms with Crippen LogP contribution in [0.1, 0.15) is 66.2 Å². The fourth-order valence-electron chi connectivity index (χ4n) is 5.23. The molecule has 0 spiro atoms. The number of esters is 1. The van der Waals surface area contributed by atoms with Gasteiger partial charge in [-0.25, -0.2) is 9.78 Å². The SMILES string of the molecule is CC1CCCCN1C(=O)COC(=O)c1c2c(nc3ccccc13)C(=Cc1ccc(O)cc1)CCC2. The molecule has 35 heavy (non-hydrogen) atoms. The maximum absolute atomic E-state index is 13.4. The molecule has 2 heterocycles. The van der Waals surface area contributed by atoms with Crippen molar-refractivity contribution in [1.29, 1.82) is 0 Å². The van der Waals surface area contributed by atoms with E-state index < -0.39 is 5.97 Å². The second-order valence-corrected chi connectivity index (χ2v) is 9.45. The summed E-state index contributed by atoms with van der Waals surface area (Å²) in [6.45, 7) is 2.52. The molecule has 180 valence electrons. The van der Waals surface area contributed by atoms with Crippen molar-refractivity contribution < 1.29 is 19.4 Å². The summed E-state index contributed by atoms with van der Waals surface area (Å²) in [6.07, 6.45) is 7.62. The highest BCUT2D eigenvalue weighted by molar-refractivity contribution is 6.07. The van der Waals surface area contributed by atoms with Crippen molar-refractivity contribution in [1.82, 2.24) is 9.88 Å². The summed E-state index contributed by atoms with van der Waals surface area (Å²) in [7, 11) is 0. The summed E-state index contributed by atoms with van der Waals surface area (Å²) in [4.78, 5) is 33.0. The molecule has 2 aromatic carbocycles. The van der Waals surface area contributed by atoms with Crippen LogP contribution < -0.4 is 0 Å². The molecule has 1 aliphatic heterocycles. The Kier molecular flexibility index (Phi) is 6.53. The Bertz CT molecular complexity index is 1300. The van der Waals surface area contributed by atoms with E-state index in [-0.39, 0.29) is 24.3 Å². The normalized spacial score (nSPS) is 18.9. The van der Waals surface area contributed by atoms with Crippen molar-refractivity contribution >= 4 is 34.4 Å². The standard InChI is InChI=1S/C29H30N2O4/c1-19-7-4-5-16-31(19)26(33)18-35-29(34)27-23-9-2-3-11-25(23)30-28-21(8-6-10-24(27)28)17-20-12-14-22(32)15-13-20/h2-3,9,11-15,17,19,32H,4-8,10,16,18H2,1H3. The number of likely N-dealkylation sites (tertiary alicyclic amines) is 1. The summed E-state index contributed by atoms with van der Waals surface area (Å²) in [5.41, 5.74) is 4.95. The number of pyridine rings is 1. The van der Waals surface area contributed by atoms with Crippen LogP contribution in [0.25, 0.3) is 22.6 Å². The number of nitrogens with zero attached hydrogens (tertiary/aromatic N) is 2. The molecule has 1 amide bonds. The van der Waals surface area contributed by atoms with Crippen LogP contribution in [0.15, 0.2) is 48.5 Å². The molecular formula is C29H30N2O4. The monoisotopic (exact) mass is 470 g/mol. The number of phenolic OH excluding ortho intramolecular Hbond substituents is 1. The predicted octanol–water partition coefficient (Wildman–Crippen LogP) is 5.38. The van der Waals surface area contributed by atoms with E-state index in [0.29, 0.717) is 5.56 Å². The van der Waals surface area contributed by atoms with Gasteiger partial charge in [-0.05, 0) is 86.4 Å². The number of aromatic nitrogens is 1. The maximum Gasteiger partial charge on any atom is 0.339 e. The van der Waals surface area contributed by atoms with E-state index in [1.54, 1.807) is 12.1 Å². The van der Waals surface area contributed by atoms with Crippen molar-refractivity contribution in [2.45, 2.75) is 51.5 Å². The van der Waals surface area contributed by atoms with Gasteiger partial charge in [-0.2, -0.15) is 0 Å². The third kappa shape index (κ3) is 4.78. The third-order valence-electron chi connectivity index (χ3n) is 7.06. The molecule has 0 bridgehead atoms. The number of amides is 1. The van der Waals surface area contributed by atoms with Crippen LogP contribution in [0, 0.1) is 0 Å². The first-order valence-corrected chi connectivity index (χ1v) is 12.4. The third-order valence-corrected chi connectivity index (χ3v) is 7.06. The molecule has 0 saturated carbocycles. The number of phenols is 1. The van der Waals surface area contributed by atoms with Crippen LogP contribution in [0.2, 0.25) is 0 Å². The van der Waals surface area contributed by atoms with Crippen molar-refractivity contribution in [3.05, 3.63) is 70.9 Å². The van der Waals surface area contributed by atoms with Crippen molar-refractivity contribution in [3.63, 3.8) is 0 Å². The average molecular weight is 471 g/mol. The van der Waals surface area contributed by atoms with Gasteiger partial charge < -0.3 is 14.7 Å². The van der Waals surface area contributed by atoms with Crippen LogP contribution >= 0.6 is 0 Å². The lowest BCUT2D eigenvalue weighted by atomic mass is 9.86. The predicted molar refractivity (Wildman–Crippen MR) is 136 cm³/mol. The highest BCUT2D eigenvalue weighted by Gasteiger charge is 2.28. The van der Waals surface area contributed by atoms with Gasteiger partial charge in [0.2, 0.25) is 0 Å². The Balaban J connectivity index is 1.49. The number of allylic oxidation sites excluding steroid dienone is 1. The van der Waals surface area contributed by atoms with E-state index in [2.05, 4.69) is 6.08 Å². The molecule has 1 unspecified atom stereocenters. The molecule has 0 radical (unpaired) electrons. The minimum absolute atomic E-state index is 0.134. The summed E-state index contributed by atoms with van der Waals surface area (Å²) < 4.78 is 5.63. The number of aromatic hydroxyl groups is 1. The Morgan fingerprint density at radius 3 is 2.69 bits per heavy atom. The molecular weight excluding hydrogens is 440 g/mol. The van der Waals surface area contributed by atoms with Gasteiger partial charge in [0.15, 0.2) is 6.61 Å². The second-order valence-electron chi connectivity index (χ2n) is 9.45. The Hall–Kier alpha value is -3.67. The fraction of sp³-hybridized carbons (Fsp3) is 0.345. The number of hydrogen-bond acceptors (Lipinski definition) is 5. The zero-order chi connectivity index (χ0) is 24.4. The lowest BCUT2D eigenvalue weighted by Crippen LogP contribution is -2.44. The largest absolute Gasteiger partial charge is 0.508 e. The minimum Gasteiger partial charge on any atom is -0.508 e. The zero-order valence-electron chi connectivity index (χ0n) is 20.0. The van der Waals surface area contributed by atoms with Gasteiger partial charge in [0.1, 0.15) is 5.75 Å². The van der Waals surface area contributed by atoms with Gasteiger partial charge in [-0.1, -0.05) is 30.3 Å². The summed E-state index contributed by atoms with van der Waals surface area (Å²) in [5.74, 6) is -0.381. The van der Waals surface area contributed by atoms with Crippen LogP contribution in [0.3, 0.4) is 0 Å². The highest BCUT2D eigenvalue weighted by atomic mass is 16.5. The maximum atomic E-state index is 13.4. The first kappa shape index (κ1) is 23.1. The second kappa shape index (κ2) is 9.90. The fourth-order valence-corrected chi connectivity index (χ4v) is 5.23. The summed E-state index contributed by atoms with van der Waals surface area (Å²) >= 11 is 0. The lowest BCUT2D eigenvalue weighted by molar-refractivity contribution is -0.137. The topological polar surface area (TPSA) is 79.7 Å². The number of carbonyl (C=O) groups is 2. The molecule has 1 N–H and O–H groups in total. The van der Waals surface area contributed by atoms with Gasteiger partial charge in [0.05, 0.1) is 16.8 Å². The van der Waals surface area contributed by atoms with Gasteiger partial charge in [0.25, 0.3) is 5.91 Å². The Morgan fingerprint density at radius 1 is 1.09 bits per heavy atom. The Morgan fingerprint density at radius 2 is 1.89 bits per heavy atom. The first-order chi connectivity index (χ1) is 17.0. The number of fused-ring (bicyclic) bond motifs is 2. The highest BCUT2D eigenvalue weighted by Crippen LogP contribution is 2.36. The van der Waals surface area contributed by atoms with E-state index in [1.165, 1.54) is 0 Å². The number of piperidine rings is 1. The van der Waals surface area contributed by atoms with Gasteiger partial charge in [-0.3, -0.25) is 4.79 Å². The van der Waals surface area contributed by atoms with Gasteiger partial charge in [-0.15, -0.1) is 0 Å². The molecule has 1 aromatic heterocycles. The van der Waals surface area contributed by atoms with Crippen LogP contribution in [0.5, 0.6) is 5.75 Å². The number of carbonyl (C=O) groups excluding carboxylic acids is 2. The molecule has 1 atom stereocenters. The van der Waals surface area contributed by atoms with Crippen molar-refractivity contribution in [2.24, 2.45) is 0 Å². The number of hydrogen-bond donors (Lipinski definition) is 1. The van der Waals surface area contributed by atoms with Crippen molar-refractivity contribution in [2.75, 3.05) is 13.2 Å². The molecule has 1 aliphatic carbocycles. The van der Waals surface area contributed by atoms with Crippen molar-refractivity contribution in [3.8, 4) is 5.75 Å². The molecule has 6 heteroatoms. The van der Waals surface area contributed by atoms with Gasteiger partial charge in [0, 0.05) is 18.0 Å². The van der Waals surface area contributed by atoms with E-state index >= 15 is 0 Å². The van der Waals surface area contributed by atoms with E-state index in [9.17, 15) is 14.7 Å². The number of rotatable bonds is 4. The molecule has 3 aromatic rings. The minimum atomic E-state index is -0.469. The average Bonchev–Trinajstić information content (AvgIpc) is 2.87. The summed E-state index contributed by atoms with van der Waals surface area (Å²) in [6, 6.07) is 14.8. The van der Waals surface area contributed by atoms with Crippen LogP contribution in [-0.4, -0.2) is 46.1 Å². The smallest absolute Gasteiger partial charge is 0.339 e. The quantitative estimate of drug-likeness (QED) is 0.518. The molecule has 2 aliphatic rings. The lowest BCUT2D eigenvalue weighted by Gasteiger charge is -2.33. The van der Waals surface area contributed by atoms with E-state index in [1.807, 2.05) is 48.2 Å². The van der Waals surface area contributed by atoms with Gasteiger partial charge >= 0.3 is 5.97 Å². The molecule has 6 nitrogen and oxygen atoms in total. The number of para-hydroxylation sites is 1. The first-order valence-electron chi connectivity index (χ1n) is 12.4. The van der Waals surface area contributed by atoms with Crippen LogP contribution in [0.4, 0.5) is 0 Å². The zero-order valence-corrected chi connectivity index (χ0v) is 20.0. The van der Waals surface area contributed by atoms with E-state index in [4.69, 9.17) is 9.72 Å². The summed E-state index contributed by atoms with van der Waals surface area (Å²) in [5, 5.41) is 10.4. The molecule has 1 fully saturated rings. The molecule has 5 rings (SSSR count). The number of benzene rings is 2. The Labute approximate surface area is 205 Å². The molecule has 1 saturated heterocycles. The number of ether oxygens (including phenoxy) is 1. The van der Waals surface area contributed by atoms with Crippen LogP contribution in [-0.2, 0) is 16.0 Å².